The van der Waals surface area contributed by atoms with Crippen molar-refractivity contribution in [1.29, 1.82) is 0 Å². The highest BCUT2D eigenvalue weighted by molar-refractivity contribution is 5.82. The average Bonchev–Trinajstić information content (AvgIpc) is 2.50. The fourth-order valence-corrected chi connectivity index (χ4v) is 3.86. The van der Waals surface area contributed by atoms with E-state index in [0.29, 0.717) is 17.8 Å². The quantitative estimate of drug-likeness (QED) is 0.698. The van der Waals surface area contributed by atoms with Crippen LogP contribution in [0.4, 0.5) is 0 Å². The van der Waals surface area contributed by atoms with Gasteiger partial charge in [-0.2, -0.15) is 0 Å². The van der Waals surface area contributed by atoms with Crippen LogP contribution in [0.5, 0.6) is 0 Å². The van der Waals surface area contributed by atoms with Crippen LogP contribution in [0.15, 0.2) is 0 Å². The predicted octanol–water partition coefficient (Wildman–Crippen LogP) is 3.59. The number of carbonyl (C=O) groups excluding carboxylic acids is 1. The van der Waals surface area contributed by atoms with Gasteiger partial charge in [-0.1, -0.05) is 13.8 Å². The number of hydrogen-bond acceptors (Lipinski definition) is 2. The van der Waals surface area contributed by atoms with Crippen molar-refractivity contribution in [3.8, 4) is 0 Å². The lowest BCUT2D eigenvalue weighted by molar-refractivity contribution is -0.142. The zero-order valence-corrected chi connectivity index (χ0v) is 11.9. The third-order valence-electron chi connectivity index (χ3n) is 4.84. The third kappa shape index (κ3) is 2.29. The van der Waals surface area contributed by atoms with Crippen LogP contribution in [0, 0.1) is 17.3 Å². The maximum atomic E-state index is 11.8. The number of Topliss-reactive ketones (excluding diaryl/α,β-unsaturated/α-hetero) is 1. The second kappa shape index (κ2) is 4.08. The summed E-state index contributed by atoms with van der Waals surface area (Å²) in [6.45, 7) is 10.8. The molecule has 0 spiro atoms. The van der Waals surface area contributed by atoms with Crippen LogP contribution in [0.3, 0.4) is 0 Å². The molecule has 2 aliphatic carbocycles. The Balaban J connectivity index is 2.17. The fourth-order valence-electron chi connectivity index (χ4n) is 3.86. The molecule has 0 radical (unpaired) electrons. The van der Waals surface area contributed by atoms with Gasteiger partial charge in [0.25, 0.3) is 0 Å². The first-order chi connectivity index (χ1) is 7.74. The van der Waals surface area contributed by atoms with E-state index in [1.807, 2.05) is 0 Å². The summed E-state index contributed by atoms with van der Waals surface area (Å²) in [6, 6.07) is 0. The van der Waals surface area contributed by atoms with Gasteiger partial charge in [0.05, 0.1) is 11.7 Å². The molecule has 2 rings (SSSR count). The van der Waals surface area contributed by atoms with E-state index in [-0.39, 0.29) is 16.9 Å². The molecule has 0 bridgehead atoms. The fraction of sp³-hybridized carbons (Fsp3) is 0.933. The molecule has 2 saturated carbocycles. The Morgan fingerprint density at radius 2 is 1.94 bits per heavy atom. The monoisotopic (exact) mass is 238 g/mol. The van der Waals surface area contributed by atoms with Gasteiger partial charge in [0.2, 0.25) is 0 Å². The Labute approximate surface area is 105 Å². The molecule has 2 aliphatic rings. The second-order valence-electron chi connectivity index (χ2n) is 7.16. The minimum atomic E-state index is -0.0761. The lowest BCUT2D eigenvalue weighted by atomic mass is 9.63. The second-order valence-corrected chi connectivity index (χ2v) is 7.16. The Hall–Kier alpha value is -0.370. The summed E-state index contributed by atoms with van der Waals surface area (Å²) in [6.07, 6.45) is 4.38. The Kier molecular flexibility index (Phi) is 3.14. The molecule has 0 aromatic heterocycles. The van der Waals surface area contributed by atoms with Crippen LogP contribution < -0.4 is 0 Å². The normalized spacial score (nSPS) is 42.6. The average molecular weight is 238 g/mol. The van der Waals surface area contributed by atoms with Crippen LogP contribution in [0.2, 0.25) is 0 Å². The van der Waals surface area contributed by atoms with Gasteiger partial charge in [0.15, 0.2) is 0 Å². The van der Waals surface area contributed by atoms with Crippen molar-refractivity contribution in [3.63, 3.8) is 0 Å². The summed E-state index contributed by atoms with van der Waals surface area (Å²) < 4.78 is 6.24. The molecule has 0 aliphatic heterocycles. The van der Waals surface area contributed by atoms with Crippen LogP contribution >= 0.6 is 0 Å². The van der Waals surface area contributed by atoms with Gasteiger partial charge in [-0.3, -0.25) is 4.79 Å². The first-order valence-corrected chi connectivity index (χ1v) is 6.94. The van der Waals surface area contributed by atoms with Crippen molar-refractivity contribution in [1.82, 2.24) is 0 Å². The van der Waals surface area contributed by atoms with Crippen molar-refractivity contribution >= 4 is 5.78 Å². The number of ketones is 1. The number of ether oxygens (including phenoxy) is 1. The maximum Gasteiger partial charge on any atom is 0.136 e. The lowest BCUT2D eigenvalue weighted by Gasteiger charge is -2.44. The summed E-state index contributed by atoms with van der Waals surface area (Å²) in [7, 11) is 0. The summed E-state index contributed by atoms with van der Waals surface area (Å²) >= 11 is 0. The van der Waals surface area contributed by atoms with Crippen molar-refractivity contribution in [3.05, 3.63) is 0 Å². The first kappa shape index (κ1) is 13.1. The van der Waals surface area contributed by atoms with Crippen LogP contribution in [0.1, 0.15) is 60.3 Å². The maximum absolute atomic E-state index is 11.8. The molecule has 98 valence electrons. The standard InChI is InChI=1S/C15H26O2/c1-10-11-6-7-13(17-14(2,3)4)15(11,5)9-8-12(10)16/h10-11,13H,6-9H2,1-5H3/t10-,11-,13-,15-/m1/s1. The minimum Gasteiger partial charge on any atom is -0.372 e. The van der Waals surface area contributed by atoms with Crippen molar-refractivity contribution in [2.45, 2.75) is 72.0 Å². The van der Waals surface area contributed by atoms with E-state index in [4.69, 9.17) is 4.74 Å². The Morgan fingerprint density at radius 1 is 1.29 bits per heavy atom. The molecule has 17 heavy (non-hydrogen) atoms. The topological polar surface area (TPSA) is 26.3 Å². The van der Waals surface area contributed by atoms with Gasteiger partial charge < -0.3 is 4.74 Å². The van der Waals surface area contributed by atoms with E-state index in [0.717, 1.165) is 25.7 Å². The van der Waals surface area contributed by atoms with Gasteiger partial charge in [-0.25, -0.2) is 0 Å². The van der Waals surface area contributed by atoms with Crippen LogP contribution in [0.25, 0.3) is 0 Å². The molecule has 0 amide bonds. The number of rotatable bonds is 1. The predicted molar refractivity (Wildman–Crippen MR) is 68.9 cm³/mol. The molecule has 0 N–H and O–H groups in total. The van der Waals surface area contributed by atoms with Crippen molar-refractivity contribution in [2.24, 2.45) is 17.3 Å². The van der Waals surface area contributed by atoms with Gasteiger partial charge in [0, 0.05) is 12.3 Å². The van der Waals surface area contributed by atoms with Crippen molar-refractivity contribution < 1.29 is 9.53 Å². The molecule has 2 heteroatoms. The molecule has 0 heterocycles. The van der Waals surface area contributed by atoms with Crippen molar-refractivity contribution in [2.75, 3.05) is 0 Å². The van der Waals surface area contributed by atoms with Gasteiger partial charge >= 0.3 is 0 Å². The highest BCUT2D eigenvalue weighted by atomic mass is 16.5. The molecular formula is C15H26O2. The first-order valence-electron chi connectivity index (χ1n) is 6.94. The molecular weight excluding hydrogens is 212 g/mol. The SMILES string of the molecule is C[C@H]1C(=O)CC[C@]2(C)[C@@H]1CC[C@H]2OC(C)(C)C. The van der Waals surface area contributed by atoms with E-state index >= 15 is 0 Å². The summed E-state index contributed by atoms with van der Waals surface area (Å²) in [5.41, 5.74) is 0.147. The molecule has 2 fully saturated rings. The molecule has 0 aromatic rings. The molecule has 2 nitrogen and oxygen atoms in total. The van der Waals surface area contributed by atoms with Crippen LogP contribution in [-0.2, 0) is 9.53 Å². The zero-order valence-electron chi connectivity index (χ0n) is 11.9. The summed E-state index contributed by atoms with van der Waals surface area (Å²) in [5.74, 6) is 1.24. The molecule has 4 atom stereocenters. The third-order valence-corrected chi connectivity index (χ3v) is 4.84. The van der Waals surface area contributed by atoms with Crippen LogP contribution in [-0.4, -0.2) is 17.5 Å². The Morgan fingerprint density at radius 3 is 2.53 bits per heavy atom. The van der Waals surface area contributed by atoms with Gasteiger partial charge in [-0.15, -0.1) is 0 Å². The highest BCUT2D eigenvalue weighted by Gasteiger charge is 2.53. The number of carbonyl (C=O) groups is 1. The van der Waals surface area contributed by atoms with Gasteiger partial charge in [0.1, 0.15) is 5.78 Å². The van der Waals surface area contributed by atoms with E-state index in [2.05, 4.69) is 34.6 Å². The van der Waals surface area contributed by atoms with E-state index < -0.39 is 0 Å². The minimum absolute atomic E-state index is 0.0761. The molecule has 0 unspecified atom stereocenters. The number of fused-ring (bicyclic) bond motifs is 1. The largest absolute Gasteiger partial charge is 0.372 e. The van der Waals surface area contributed by atoms with E-state index in [1.54, 1.807) is 0 Å². The smallest absolute Gasteiger partial charge is 0.136 e. The molecule has 0 aromatic carbocycles. The highest BCUT2D eigenvalue weighted by Crippen LogP contribution is 2.55. The Bertz CT molecular complexity index is 315. The van der Waals surface area contributed by atoms with E-state index in [1.165, 1.54) is 0 Å². The summed E-state index contributed by atoms with van der Waals surface area (Å²) in [4.78, 5) is 11.8. The summed E-state index contributed by atoms with van der Waals surface area (Å²) in [5, 5.41) is 0. The zero-order chi connectivity index (χ0) is 12.8. The molecule has 0 saturated heterocycles. The number of hydrogen-bond donors (Lipinski definition) is 0. The van der Waals surface area contributed by atoms with Gasteiger partial charge in [-0.05, 0) is 51.4 Å². The lowest BCUT2D eigenvalue weighted by Crippen LogP contribution is -2.45. The van der Waals surface area contributed by atoms with E-state index in [9.17, 15) is 4.79 Å².